The topological polar surface area (TPSA) is 105 Å². The number of rotatable bonds is 7. The fourth-order valence-corrected chi connectivity index (χ4v) is 9.86. The monoisotopic (exact) mass is 609 g/mol. The summed E-state index contributed by atoms with van der Waals surface area (Å²) in [5.41, 5.74) is -2.63. The van der Waals surface area contributed by atoms with Crippen molar-refractivity contribution in [2.45, 2.75) is 47.8 Å². The van der Waals surface area contributed by atoms with Crippen LogP contribution in [0.3, 0.4) is 0 Å². The standard InChI is InChI=1S/C25H34F3N3O5S3/c1-24(32,25(26,27)28)19-6-8-20(9-7-19)31-11-10-30(39(35,36)23-3-2-13-37-23)16-21(31)15-29-12-14-38(33,34)17-22(29)18-4-5-18/h2-3,6-9,13,18,21-22,32-34H,4-5,10-12,14-17H2,1H3/t21-,22-,24-/m0/s1. The summed E-state index contributed by atoms with van der Waals surface area (Å²) in [4.78, 5) is 4.25. The van der Waals surface area contributed by atoms with Gasteiger partial charge in [0.15, 0.2) is 5.60 Å². The van der Waals surface area contributed by atoms with Crippen LogP contribution < -0.4 is 4.90 Å². The highest BCUT2D eigenvalue weighted by molar-refractivity contribution is 8.24. The maximum Gasteiger partial charge on any atom is 0.421 e. The highest BCUT2D eigenvalue weighted by Crippen LogP contribution is 2.49. The minimum Gasteiger partial charge on any atom is -0.376 e. The van der Waals surface area contributed by atoms with Gasteiger partial charge in [0.1, 0.15) is 4.21 Å². The van der Waals surface area contributed by atoms with Crippen molar-refractivity contribution in [2.75, 3.05) is 49.1 Å². The second kappa shape index (κ2) is 10.5. The summed E-state index contributed by atoms with van der Waals surface area (Å²) >= 11 is 1.15. The van der Waals surface area contributed by atoms with Gasteiger partial charge in [-0.05, 0) is 54.8 Å². The normalized spacial score (nSPS) is 27.7. The molecule has 3 atom stereocenters. The minimum atomic E-state index is -4.83. The average Bonchev–Trinajstić information content (AvgIpc) is 3.56. The quantitative estimate of drug-likeness (QED) is 0.432. The molecule has 0 bridgehead atoms. The van der Waals surface area contributed by atoms with Gasteiger partial charge in [0.2, 0.25) is 0 Å². The van der Waals surface area contributed by atoms with Gasteiger partial charge in [-0.1, -0.05) is 18.2 Å². The summed E-state index contributed by atoms with van der Waals surface area (Å²) in [6, 6.07) is 8.55. The number of alkyl halides is 3. The highest BCUT2D eigenvalue weighted by Gasteiger charge is 2.51. The molecular weight excluding hydrogens is 575 g/mol. The number of nitrogens with zero attached hydrogens (tertiary/aromatic N) is 3. The molecule has 1 aliphatic carbocycles. The van der Waals surface area contributed by atoms with E-state index in [0.717, 1.165) is 31.1 Å². The molecule has 39 heavy (non-hydrogen) atoms. The highest BCUT2D eigenvalue weighted by atomic mass is 32.3. The van der Waals surface area contributed by atoms with Crippen molar-refractivity contribution in [1.29, 1.82) is 0 Å². The fraction of sp³-hybridized carbons (Fsp3) is 0.600. The van der Waals surface area contributed by atoms with Crippen LogP contribution in [-0.4, -0.2) is 94.3 Å². The maximum absolute atomic E-state index is 13.4. The van der Waals surface area contributed by atoms with E-state index in [1.54, 1.807) is 17.5 Å². The van der Waals surface area contributed by atoms with Crippen molar-refractivity contribution in [3.05, 3.63) is 47.3 Å². The summed E-state index contributed by atoms with van der Waals surface area (Å²) < 4.78 is 89.3. The minimum absolute atomic E-state index is 0.000798. The number of halogens is 3. The Morgan fingerprint density at radius 1 is 1.08 bits per heavy atom. The molecule has 14 heteroatoms. The van der Waals surface area contributed by atoms with Crippen LogP contribution in [0.2, 0.25) is 0 Å². The smallest absolute Gasteiger partial charge is 0.376 e. The molecular formula is C25H34F3N3O5S3. The van der Waals surface area contributed by atoms with Gasteiger partial charge in [0.25, 0.3) is 10.0 Å². The van der Waals surface area contributed by atoms with Crippen LogP contribution in [-0.2, 0) is 15.6 Å². The number of anilines is 1. The average molecular weight is 610 g/mol. The molecule has 3 heterocycles. The summed E-state index contributed by atoms with van der Waals surface area (Å²) in [6.45, 7) is 2.42. The lowest BCUT2D eigenvalue weighted by molar-refractivity contribution is -0.258. The van der Waals surface area contributed by atoms with Crippen LogP contribution in [0.15, 0.2) is 46.0 Å². The summed E-state index contributed by atoms with van der Waals surface area (Å²) in [5.74, 6) is 0.952. The maximum atomic E-state index is 13.4. The number of piperazine rings is 1. The Morgan fingerprint density at radius 2 is 1.77 bits per heavy atom. The van der Waals surface area contributed by atoms with Gasteiger partial charge in [0.05, 0.1) is 17.5 Å². The largest absolute Gasteiger partial charge is 0.421 e. The third-order valence-electron chi connectivity index (χ3n) is 8.07. The molecule has 1 aromatic heterocycles. The van der Waals surface area contributed by atoms with Gasteiger partial charge in [-0.25, -0.2) is 8.42 Å². The van der Waals surface area contributed by atoms with Gasteiger partial charge < -0.3 is 10.0 Å². The Bertz CT molecular complexity index is 1250. The Balaban J connectivity index is 1.42. The molecule has 1 saturated carbocycles. The SMILES string of the molecule is C[C@](O)(c1ccc(N2CCN(S(=O)(=O)c3cccs3)C[C@@H]2CN2CCS(O)(O)C[C@H]2C2CC2)cc1)C(F)(F)F. The molecule has 3 N–H and O–H groups in total. The van der Waals surface area contributed by atoms with Crippen molar-refractivity contribution >= 4 is 37.6 Å². The molecule has 8 nitrogen and oxygen atoms in total. The Kier molecular flexibility index (Phi) is 7.81. The van der Waals surface area contributed by atoms with Crippen LogP contribution in [0.1, 0.15) is 25.3 Å². The van der Waals surface area contributed by atoms with Crippen molar-refractivity contribution in [3.63, 3.8) is 0 Å². The lowest BCUT2D eigenvalue weighted by atomic mass is 9.95. The lowest BCUT2D eigenvalue weighted by Gasteiger charge is -2.50. The van der Waals surface area contributed by atoms with Gasteiger partial charge in [-0.3, -0.25) is 14.0 Å². The van der Waals surface area contributed by atoms with E-state index in [2.05, 4.69) is 4.90 Å². The molecule has 5 rings (SSSR count). The fourth-order valence-electron chi connectivity index (χ4n) is 5.52. The molecule has 2 saturated heterocycles. The Labute approximate surface area is 232 Å². The van der Waals surface area contributed by atoms with E-state index in [9.17, 15) is 35.8 Å². The van der Waals surface area contributed by atoms with Crippen LogP contribution in [0.5, 0.6) is 0 Å². The van der Waals surface area contributed by atoms with E-state index in [1.165, 1.54) is 28.6 Å². The van der Waals surface area contributed by atoms with Gasteiger partial charge in [-0.2, -0.15) is 28.1 Å². The summed E-state index contributed by atoms with van der Waals surface area (Å²) in [6.07, 6.45) is -2.80. The number of sulfonamides is 1. The molecule has 0 radical (unpaired) electrons. The molecule has 0 spiro atoms. The molecule has 1 aromatic carbocycles. The van der Waals surface area contributed by atoms with Gasteiger partial charge in [0, 0.05) is 44.5 Å². The zero-order valence-electron chi connectivity index (χ0n) is 21.5. The Morgan fingerprint density at radius 3 is 2.36 bits per heavy atom. The number of aliphatic hydroxyl groups is 1. The van der Waals surface area contributed by atoms with Crippen molar-refractivity contribution in [2.24, 2.45) is 5.92 Å². The molecule has 2 aromatic rings. The van der Waals surface area contributed by atoms with Crippen LogP contribution in [0.4, 0.5) is 18.9 Å². The van der Waals surface area contributed by atoms with Crippen LogP contribution in [0.25, 0.3) is 0 Å². The zero-order valence-corrected chi connectivity index (χ0v) is 23.9. The number of thiophene rings is 1. The van der Waals surface area contributed by atoms with E-state index in [-0.39, 0.29) is 40.7 Å². The third-order valence-corrected chi connectivity index (χ3v) is 13.0. The third kappa shape index (κ3) is 5.98. The van der Waals surface area contributed by atoms with E-state index in [4.69, 9.17) is 0 Å². The first-order chi connectivity index (χ1) is 18.2. The first kappa shape index (κ1) is 29.1. The molecule has 3 aliphatic rings. The van der Waals surface area contributed by atoms with E-state index >= 15 is 0 Å². The lowest BCUT2D eigenvalue weighted by Crippen LogP contribution is -2.61. The van der Waals surface area contributed by atoms with Gasteiger partial charge in [-0.15, -0.1) is 11.3 Å². The van der Waals surface area contributed by atoms with Crippen LogP contribution >= 0.6 is 21.9 Å². The predicted molar refractivity (Wildman–Crippen MR) is 147 cm³/mol. The Hall–Kier alpha value is -1.39. The first-order valence-corrected chi connectivity index (χ1v) is 17.1. The van der Waals surface area contributed by atoms with E-state index < -0.39 is 32.4 Å². The number of hydrogen-bond donors (Lipinski definition) is 3. The van der Waals surface area contributed by atoms with E-state index in [0.29, 0.717) is 37.0 Å². The van der Waals surface area contributed by atoms with Crippen LogP contribution in [0, 0.1) is 5.92 Å². The summed E-state index contributed by atoms with van der Waals surface area (Å²) in [7, 11) is -6.35. The zero-order chi connectivity index (χ0) is 28.2. The van der Waals surface area contributed by atoms with Gasteiger partial charge >= 0.3 is 6.18 Å². The van der Waals surface area contributed by atoms with Crippen molar-refractivity contribution in [1.82, 2.24) is 9.21 Å². The van der Waals surface area contributed by atoms with Crippen molar-refractivity contribution in [3.8, 4) is 0 Å². The molecule has 3 fully saturated rings. The van der Waals surface area contributed by atoms with E-state index in [1.807, 2.05) is 4.90 Å². The number of benzene rings is 1. The molecule has 0 unspecified atom stereocenters. The molecule has 218 valence electrons. The first-order valence-electron chi connectivity index (χ1n) is 12.9. The predicted octanol–water partition coefficient (Wildman–Crippen LogP) is 4.24. The number of hydrogen-bond acceptors (Lipinski definition) is 8. The van der Waals surface area contributed by atoms with Crippen molar-refractivity contribution < 1.29 is 35.8 Å². The second-order valence-electron chi connectivity index (χ2n) is 10.8. The summed E-state index contributed by atoms with van der Waals surface area (Å²) in [5, 5.41) is 11.8. The molecule has 0 amide bonds. The molecule has 2 aliphatic heterocycles. The second-order valence-corrected chi connectivity index (χ2v) is 16.3.